The van der Waals surface area contributed by atoms with Crippen LogP contribution >= 0.6 is 0 Å². The maximum atomic E-state index is 12.9. The number of nitrogens with two attached hydrogens (primary N) is 1. The second kappa shape index (κ2) is 8.33. The summed E-state index contributed by atoms with van der Waals surface area (Å²) in [6, 6.07) is 13.6. The Balaban J connectivity index is 1.78. The van der Waals surface area contributed by atoms with Crippen LogP contribution in [0.1, 0.15) is 25.7 Å². The largest absolute Gasteiger partial charge is 0.494 e. The van der Waals surface area contributed by atoms with Gasteiger partial charge in [0.25, 0.3) is 0 Å². The molecule has 3 rings (SSSR count). The number of aromatic amines is 1. The van der Waals surface area contributed by atoms with E-state index in [9.17, 15) is 8.42 Å². The van der Waals surface area contributed by atoms with E-state index >= 15 is 0 Å². The number of benzene rings is 2. The summed E-state index contributed by atoms with van der Waals surface area (Å²) in [5, 5.41) is 7.40. The second-order valence-corrected chi connectivity index (χ2v) is 7.99. The molecule has 1 aromatic heterocycles. The van der Waals surface area contributed by atoms with E-state index in [-0.39, 0.29) is 9.92 Å². The van der Waals surface area contributed by atoms with E-state index in [4.69, 9.17) is 10.5 Å². The number of ether oxygens (including phenoxy) is 1. The number of hydrogen-bond acceptors (Lipinski definition) is 5. The van der Waals surface area contributed by atoms with Crippen molar-refractivity contribution in [3.05, 3.63) is 48.5 Å². The first-order valence-corrected chi connectivity index (χ1v) is 10.2. The van der Waals surface area contributed by atoms with Gasteiger partial charge in [-0.25, -0.2) is 8.42 Å². The second-order valence-electron chi connectivity index (χ2n) is 6.10. The summed E-state index contributed by atoms with van der Waals surface area (Å²) < 4.78 is 31.5. The van der Waals surface area contributed by atoms with E-state index in [1.54, 1.807) is 42.5 Å². The van der Waals surface area contributed by atoms with Crippen LogP contribution in [-0.2, 0) is 9.84 Å². The van der Waals surface area contributed by atoms with Crippen molar-refractivity contribution >= 4 is 20.7 Å². The molecule has 0 atom stereocenters. The molecule has 0 saturated heterocycles. The van der Waals surface area contributed by atoms with Gasteiger partial charge in [-0.15, -0.1) is 0 Å². The zero-order valence-corrected chi connectivity index (χ0v) is 15.3. The number of aromatic nitrogens is 2. The number of fused-ring (bicyclic) bond motifs is 1. The van der Waals surface area contributed by atoms with Gasteiger partial charge in [-0.05, 0) is 49.7 Å². The first-order chi connectivity index (χ1) is 12.6. The van der Waals surface area contributed by atoms with Crippen LogP contribution in [0, 0.1) is 0 Å². The number of rotatable bonds is 9. The molecule has 0 radical (unpaired) electrons. The van der Waals surface area contributed by atoms with Crippen LogP contribution in [0.5, 0.6) is 5.75 Å². The molecule has 3 aromatic rings. The molecule has 138 valence electrons. The summed E-state index contributed by atoms with van der Waals surface area (Å²) in [4.78, 5) is 0.233. The molecule has 0 amide bonds. The van der Waals surface area contributed by atoms with Crippen molar-refractivity contribution in [3.63, 3.8) is 0 Å². The molecule has 0 bridgehead atoms. The predicted octanol–water partition coefficient (Wildman–Crippen LogP) is 3.29. The minimum atomic E-state index is -3.66. The van der Waals surface area contributed by atoms with Gasteiger partial charge in [0.15, 0.2) is 5.03 Å². The third-order valence-corrected chi connectivity index (χ3v) is 5.92. The number of nitrogens with one attached hydrogen (secondary N) is 1. The molecule has 0 aliphatic heterocycles. The van der Waals surface area contributed by atoms with Crippen molar-refractivity contribution in [1.29, 1.82) is 0 Å². The molecule has 0 fully saturated rings. The number of nitrogens with zero attached hydrogens (tertiary/aromatic N) is 1. The number of H-pyrrole nitrogens is 1. The molecule has 6 nitrogen and oxygen atoms in total. The first-order valence-electron chi connectivity index (χ1n) is 8.74. The third-order valence-electron chi connectivity index (χ3n) is 4.18. The van der Waals surface area contributed by atoms with Gasteiger partial charge < -0.3 is 10.5 Å². The molecule has 7 heteroatoms. The molecule has 0 aliphatic carbocycles. The normalized spacial score (nSPS) is 11.7. The van der Waals surface area contributed by atoms with Gasteiger partial charge in [-0.3, -0.25) is 5.10 Å². The van der Waals surface area contributed by atoms with Crippen molar-refractivity contribution in [1.82, 2.24) is 10.2 Å². The zero-order valence-electron chi connectivity index (χ0n) is 14.5. The highest BCUT2D eigenvalue weighted by molar-refractivity contribution is 7.91. The Morgan fingerprint density at radius 3 is 2.54 bits per heavy atom. The summed E-state index contributed by atoms with van der Waals surface area (Å²) in [6.07, 6.45) is 4.14. The Labute approximate surface area is 153 Å². The number of sulfone groups is 1. The van der Waals surface area contributed by atoms with Crippen molar-refractivity contribution < 1.29 is 13.2 Å². The molecule has 0 aliphatic rings. The molecule has 3 N–H and O–H groups in total. The van der Waals surface area contributed by atoms with E-state index in [0.717, 1.165) is 32.2 Å². The lowest BCUT2D eigenvalue weighted by Crippen LogP contribution is -2.03. The highest BCUT2D eigenvalue weighted by Gasteiger charge is 2.23. The summed E-state index contributed by atoms with van der Waals surface area (Å²) in [6.45, 7) is 1.31. The molecular weight excluding hydrogens is 350 g/mol. The maximum Gasteiger partial charge on any atom is 0.223 e. The lowest BCUT2D eigenvalue weighted by Gasteiger charge is -2.07. The predicted molar refractivity (Wildman–Crippen MR) is 101 cm³/mol. The summed E-state index contributed by atoms with van der Waals surface area (Å²) in [7, 11) is -3.66. The minimum Gasteiger partial charge on any atom is -0.494 e. The van der Waals surface area contributed by atoms with Gasteiger partial charge in [-0.2, -0.15) is 5.10 Å². The van der Waals surface area contributed by atoms with Crippen LogP contribution < -0.4 is 10.5 Å². The topological polar surface area (TPSA) is 98.1 Å². The van der Waals surface area contributed by atoms with Gasteiger partial charge >= 0.3 is 0 Å². The van der Waals surface area contributed by atoms with E-state index < -0.39 is 9.84 Å². The van der Waals surface area contributed by atoms with E-state index in [0.29, 0.717) is 23.3 Å². The SMILES string of the molecule is NCCCCCCOc1ccc2n[nH]c(S(=O)(=O)c3ccccc3)c2c1. The molecular formula is C19H23N3O3S. The molecule has 2 aromatic carbocycles. The van der Waals surface area contributed by atoms with Gasteiger partial charge in [-0.1, -0.05) is 31.0 Å². The molecule has 1 heterocycles. The highest BCUT2D eigenvalue weighted by Crippen LogP contribution is 2.29. The molecule has 0 spiro atoms. The van der Waals surface area contributed by atoms with Crippen LogP contribution in [0.4, 0.5) is 0 Å². The third kappa shape index (κ3) is 4.05. The average Bonchev–Trinajstić information content (AvgIpc) is 3.09. The smallest absolute Gasteiger partial charge is 0.223 e. The van der Waals surface area contributed by atoms with Crippen molar-refractivity contribution in [2.45, 2.75) is 35.6 Å². The Kier molecular flexibility index (Phi) is 5.90. The van der Waals surface area contributed by atoms with Crippen LogP contribution in [0.2, 0.25) is 0 Å². The molecule has 0 saturated carbocycles. The first kappa shape index (κ1) is 18.4. The van der Waals surface area contributed by atoms with Crippen molar-refractivity contribution in [2.75, 3.05) is 13.2 Å². The van der Waals surface area contributed by atoms with Crippen LogP contribution in [0.15, 0.2) is 58.5 Å². The summed E-state index contributed by atoms with van der Waals surface area (Å²) in [5.74, 6) is 0.641. The number of hydrogen-bond donors (Lipinski definition) is 2. The number of unbranched alkanes of at least 4 members (excludes halogenated alkanes) is 3. The lowest BCUT2D eigenvalue weighted by atomic mass is 10.2. The van der Waals surface area contributed by atoms with Gasteiger partial charge in [0, 0.05) is 5.39 Å². The fourth-order valence-corrected chi connectivity index (χ4v) is 4.14. The van der Waals surface area contributed by atoms with Crippen molar-refractivity contribution in [2.24, 2.45) is 5.73 Å². The van der Waals surface area contributed by atoms with E-state index in [2.05, 4.69) is 10.2 Å². The molecule has 26 heavy (non-hydrogen) atoms. The van der Waals surface area contributed by atoms with E-state index in [1.165, 1.54) is 0 Å². The van der Waals surface area contributed by atoms with Gasteiger partial charge in [0.05, 0.1) is 17.0 Å². The van der Waals surface area contributed by atoms with E-state index in [1.807, 2.05) is 6.07 Å². The summed E-state index contributed by atoms with van der Waals surface area (Å²) in [5.41, 5.74) is 6.07. The Morgan fingerprint density at radius 1 is 1.00 bits per heavy atom. The maximum absolute atomic E-state index is 12.9. The minimum absolute atomic E-state index is 0.0899. The zero-order chi connectivity index (χ0) is 18.4. The van der Waals surface area contributed by atoms with Gasteiger partial charge in [0.2, 0.25) is 9.84 Å². The fraction of sp³-hybridized carbons (Fsp3) is 0.316. The quantitative estimate of drug-likeness (QED) is 0.561. The standard InChI is InChI=1S/C19H23N3O3S/c20-12-6-1-2-7-13-25-15-10-11-18-17(14-15)19(22-21-18)26(23,24)16-8-4-3-5-9-16/h3-5,8-11,14H,1-2,6-7,12-13,20H2,(H,21,22). The molecule has 0 unspecified atom stereocenters. The lowest BCUT2D eigenvalue weighted by molar-refractivity contribution is 0.305. The Bertz CT molecular complexity index is 953. The Morgan fingerprint density at radius 2 is 1.77 bits per heavy atom. The van der Waals surface area contributed by atoms with Gasteiger partial charge in [0.1, 0.15) is 5.75 Å². The van der Waals surface area contributed by atoms with Crippen LogP contribution in [0.25, 0.3) is 10.9 Å². The highest BCUT2D eigenvalue weighted by atomic mass is 32.2. The van der Waals surface area contributed by atoms with Crippen LogP contribution in [0.3, 0.4) is 0 Å². The fourth-order valence-electron chi connectivity index (χ4n) is 2.77. The average molecular weight is 373 g/mol. The van der Waals surface area contributed by atoms with Crippen molar-refractivity contribution in [3.8, 4) is 5.75 Å². The monoisotopic (exact) mass is 373 g/mol. The van der Waals surface area contributed by atoms with Crippen LogP contribution in [-0.4, -0.2) is 31.8 Å². The Hall–Kier alpha value is -2.38. The summed E-state index contributed by atoms with van der Waals surface area (Å²) >= 11 is 0.